The smallest absolute Gasteiger partial charge is 0.436 e. The highest BCUT2D eigenvalue weighted by atomic mass is 79.9. The molecular weight excluding hydrogens is 403 g/mol. The molecule has 1 heterocycles. The van der Waals surface area contributed by atoms with Gasteiger partial charge in [0.1, 0.15) is 11.8 Å². The van der Waals surface area contributed by atoms with Crippen LogP contribution in [0, 0.1) is 6.92 Å². The summed E-state index contributed by atoms with van der Waals surface area (Å²) >= 11 is 2.89. The van der Waals surface area contributed by atoms with E-state index in [1.807, 2.05) is 0 Å². The Balaban J connectivity index is 2.01. The van der Waals surface area contributed by atoms with Crippen LogP contribution < -0.4 is 5.32 Å². The average molecular weight is 420 g/mol. The largest absolute Gasteiger partial charge is 0.508 e. The van der Waals surface area contributed by atoms with Crippen molar-refractivity contribution in [2.75, 3.05) is 6.54 Å². The van der Waals surface area contributed by atoms with Gasteiger partial charge in [-0.3, -0.25) is 9.48 Å². The predicted molar refractivity (Wildman–Crippen MR) is 89.2 cm³/mol. The summed E-state index contributed by atoms with van der Waals surface area (Å²) in [5.41, 5.74) is 0.102. The van der Waals surface area contributed by atoms with Gasteiger partial charge in [0.2, 0.25) is 5.91 Å². The Bertz CT molecular complexity index is 757. The van der Waals surface area contributed by atoms with Crippen molar-refractivity contribution >= 4 is 21.8 Å². The molecule has 2 rings (SSSR count). The van der Waals surface area contributed by atoms with Gasteiger partial charge in [-0.2, -0.15) is 18.3 Å². The summed E-state index contributed by atoms with van der Waals surface area (Å²) in [5.74, 6) is -0.271. The van der Waals surface area contributed by atoms with Crippen molar-refractivity contribution in [2.45, 2.75) is 32.5 Å². The van der Waals surface area contributed by atoms with E-state index in [0.717, 1.165) is 10.2 Å². The Morgan fingerprint density at radius 1 is 1.36 bits per heavy atom. The van der Waals surface area contributed by atoms with Crippen LogP contribution in [0.1, 0.15) is 29.9 Å². The number of halogens is 4. The molecule has 5 nitrogen and oxygen atoms in total. The second kappa shape index (κ2) is 7.47. The minimum atomic E-state index is -4.59. The Hall–Kier alpha value is -2.03. The maximum Gasteiger partial charge on any atom is 0.436 e. The SMILES string of the molecule is Cc1c(Br)c(C(F)(F)F)nn1C(C)C(=O)NCCc1ccc(O)cc1. The van der Waals surface area contributed by atoms with Crippen LogP contribution in [-0.4, -0.2) is 27.3 Å². The quantitative estimate of drug-likeness (QED) is 0.777. The summed E-state index contributed by atoms with van der Waals surface area (Å²) in [7, 11) is 0. The summed E-state index contributed by atoms with van der Waals surface area (Å²) in [6.45, 7) is 3.27. The molecule has 0 saturated carbocycles. The molecule has 2 N–H and O–H groups in total. The number of phenols is 1. The van der Waals surface area contributed by atoms with Gasteiger partial charge >= 0.3 is 6.18 Å². The van der Waals surface area contributed by atoms with Crippen molar-refractivity contribution in [3.63, 3.8) is 0 Å². The highest BCUT2D eigenvalue weighted by Crippen LogP contribution is 2.36. The number of nitrogens with zero attached hydrogens (tertiary/aromatic N) is 2. The van der Waals surface area contributed by atoms with Gasteiger partial charge in [-0.1, -0.05) is 12.1 Å². The van der Waals surface area contributed by atoms with Crippen molar-refractivity contribution in [3.8, 4) is 5.75 Å². The molecule has 25 heavy (non-hydrogen) atoms. The van der Waals surface area contributed by atoms with E-state index in [4.69, 9.17) is 0 Å². The number of hydrogen-bond donors (Lipinski definition) is 2. The van der Waals surface area contributed by atoms with Crippen LogP contribution in [0.5, 0.6) is 5.75 Å². The molecule has 0 radical (unpaired) electrons. The summed E-state index contributed by atoms with van der Waals surface area (Å²) in [6, 6.07) is 5.67. The molecule has 2 aromatic rings. The number of amides is 1. The highest BCUT2D eigenvalue weighted by Gasteiger charge is 2.38. The predicted octanol–water partition coefficient (Wildman–Crippen LogP) is 3.60. The summed E-state index contributed by atoms with van der Waals surface area (Å²) in [5, 5.41) is 15.4. The van der Waals surface area contributed by atoms with Crippen LogP contribution in [-0.2, 0) is 17.4 Å². The lowest BCUT2D eigenvalue weighted by molar-refractivity contribution is -0.142. The molecule has 0 aliphatic carbocycles. The number of alkyl halides is 3. The second-order valence-corrected chi connectivity index (χ2v) is 6.37. The monoisotopic (exact) mass is 419 g/mol. The molecule has 0 fully saturated rings. The molecule has 1 amide bonds. The topological polar surface area (TPSA) is 67.2 Å². The molecule has 9 heteroatoms. The maximum atomic E-state index is 12.9. The number of nitrogens with one attached hydrogen (secondary N) is 1. The first kappa shape index (κ1) is 19.3. The fraction of sp³-hybridized carbons (Fsp3) is 0.375. The van der Waals surface area contributed by atoms with E-state index in [0.29, 0.717) is 13.0 Å². The second-order valence-electron chi connectivity index (χ2n) is 5.57. The zero-order valence-electron chi connectivity index (χ0n) is 13.6. The lowest BCUT2D eigenvalue weighted by Crippen LogP contribution is -2.33. The van der Waals surface area contributed by atoms with Gasteiger partial charge in [-0.05, 0) is 53.9 Å². The molecule has 0 aliphatic rings. The molecule has 1 unspecified atom stereocenters. The lowest BCUT2D eigenvalue weighted by atomic mass is 10.1. The summed E-state index contributed by atoms with van der Waals surface area (Å²) < 4.78 is 39.6. The third kappa shape index (κ3) is 4.53. The van der Waals surface area contributed by atoms with Gasteiger partial charge in [0.05, 0.1) is 10.2 Å². The fourth-order valence-electron chi connectivity index (χ4n) is 2.31. The van der Waals surface area contributed by atoms with Crippen molar-refractivity contribution in [1.29, 1.82) is 0 Å². The lowest BCUT2D eigenvalue weighted by Gasteiger charge is -2.14. The first-order chi connectivity index (χ1) is 11.6. The number of rotatable bonds is 5. The summed E-state index contributed by atoms with van der Waals surface area (Å²) in [4.78, 5) is 12.2. The standard InChI is InChI=1S/C16H17BrF3N3O2/c1-9-13(17)14(16(18,19)20)22-23(9)10(2)15(25)21-8-7-11-3-5-12(24)6-4-11/h3-6,10,24H,7-8H2,1-2H3,(H,21,25). The molecule has 0 bridgehead atoms. The van der Waals surface area contributed by atoms with E-state index in [1.54, 1.807) is 24.3 Å². The van der Waals surface area contributed by atoms with Crippen molar-refractivity contribution in [1.82, 2.24) is 15.1 Å². The van der Waals surface area contributed by atoms with Gasteiger partial charge in [0.15, 0.2) is 5.69 Å². The van der Waals surface area contributed by atoms with E-state index in [2.05, 4.69) is 26.3 Å². The van der Waals surface area contributed by atoms with Crippen LogP contribution in [0.4, 0.5) is 13.2 Å². The number of benzene rings is 1. The molecule has 1 atom stereocenters. The van der Waals surface area contributed by atoms with E-state index in [-0.39, 0.29) is 15.9 Å². The fourth-order valence-corrected chi connectivity index (χ4v) is 2.79. The van der Waals surface area contributed by atoms with E-state index in [9.17, 15) is 23.1 Å². The number of carbonyl (C=O) groups is 1. The van der Waals surface area contributed by atoms with Gasteiger partial charge in [-0.25, -0.2) is 0 Å². The minimum absolute atomic E-state index is 0.154. The molecule has 0 aliphatic heterocycles. The van der Waals surface area contributed by atoms with Gasteiger partial charge in [0, 0.05) is 6.54 Å². The van der Waals surface area contributed by atoms with E-state index in [1.165, 1.54) is 13.8 Å². The normalized spacial score (nSPS) is 12.9. The average Bonchev–Trinajstić information content (AvgIpc) is 2.84. The highest BCUT2D eigenvalue weighted by molar-refractivity contribution is 9.10. The Kier molecular flexibility index (Phi) is 5.76. The zero-order chi connectivity index (χ0) is 18.8. The van der Waals surface area contributed by atoms with E-state index < -0.39 is 23.8 Å². The van der Waals surface area contributed by atoms with Crippen molar-refractivity contribution in [2.24, 2.45) is 0 Å². The van der Waals surface area contributed by atoms with Crippen LogP contribution in [0.25, 0.3) is 0 Å². The molecule has 1 aromatic heterocycles. The Labute approximate surface area is 151 Å². The first-order valence-corrected chi connectivity index (χ1v) is 8.28. The summed E-state index contributed by atoms with van der Waals surface area (Å²) in [6.07, 6.45) is -4.06. The van der Waals surface area contributed by atoms with Crippen LogP contribution in [0.2, 0.25) is 0 Å². The molecule has 136 valence electrons. The number of aromatic hydroxyl groups is 1. The van der Waals surface area contributed by atoms with Crippen molar-refractivity contribution < 1.29 is 23.1 Å². The number of phenolic OH excluding ortho intramolecular Hbond substituents is 1. The van der Waals surface area contributed by atoms with Crippen LogP contribution >= 0.6 is 15.9 Å². The minimum Gasteiger partial charge on any atom is -0.508 e. The third-order valence-electron chi connectivity index (χ3n) is 3.74. The van der Waals surface area contributed by atoms with Gasteiger partial charge < -0.3 is 10.4 Å². The molecular formula is C16H17BrF3N3O2. The van der Waals surface area contributed by atoms with E-state index >= 15 is 0 Å². The van der Waals surface area contributed by atoms with Gasteiger partial charge in [0.25, 0.3) is 0 Å². The first-order valence-electron chi connectivity index (χ1n) is 7.48. The Morgan fingerprint density at radius 2 is 1.96 bits per heavy atom. The molecule has 0 saturated heterocycles. The van der Waals surface area contributed by atoms with Crippen molar-refractivity contribution in [3.05, 3.63) is 45.7 Å². The maximum absolute atomic E-state index is 12.9. The number of aromatic nitrogens is 2. The Morgan fingerprint density at radius 3 is 2.48 bits per heavy atom. The number of carbonyl (C=O) groups excluding carboxylic acids is 1. The van der Waals surface area contributed by atoms with Crippen LogP contribution in [0.3, 0.4) is 0 Å². The number of hydrogen-bond acceptors (Lipinski definition) is 3. The van der Waals surface area contributed by atoms with Crippen LogP contribution in [0.15, 0.2) is 28.7 Å². The van der Waals surface area contributed by atoms with Gasteiger partial charge in [-0.15, -0.1) is 0 Å². The molecule has 1 aromatic carbocycles. The molecule has 0 spiro atoms. The third-order valence-corrected chi connectivity index (χ3v) is 4.69. The zero-order valence-corrected chi connectivity index (χ0v) is 15.1.